The number of anilines is 1. The van der Waals surface area contributed by atoms with Crippen LogP contribution in [0.15, 0.2) is 24.3 Å². The number of hydrogen-bond donors (Lipinski definition) is 2. The van der Waals surface area contributed by atoms with Gasteiger partial charge in [-0.25, -0.2) is 0 Å². The number of benzene rings is 1. The number of amides is 1. The van der Waals surface area contributed by atoms with Crippen LogP contribution < -0.4 is 16.0 Å². The third kappa shape index (κ3) is 3.54. The van der Waals surface area contributed by atoms with Crippen LogP contribution in [-0.2, 0) is 9.53 Å². The highest BCUT2D eigenvalue weighted by atomic mass is 35.5. The van der Waals surface area contributed by atoms with Gasteiger partial charge in [-0.3, -0.25) is 4.79 Å². The molecule has 120 valence electrons. The van der Waals surface area contributed by atoms with Crippen molar-refractivity contribution in [3.63, 3.8) is 0 Å². The zero-order valence-corrected chi connectivity index (χ0v) is 13.3. The molecule has 1 aromatic carbocycles. The lowest BCUT2D eigenvalue weighted by atomic mass is 10.1. The Labute approximate surface area is 135 Å². The second-order valence-electron chi connectivity index (χ2n) is 5.98. The average molecular weight is 324 g/mol. The molecule has 0 spiro atoms. The van der Waals surface area contributed by atoms with Gasteiger partial charge in [0.2, 0.25) is 5.91 Å². The van der Waals surface area contributed by atoms with E-state index in [2.05, 4.69) is 10.2 Å². The Balaban J connectivity index is 1.52. The van der Waals surface area contributed by atoms with E-state index in [0.717, 1.165) is 43.1 Å². The molecular weight excluding hydrogens is 302 g/mol. The molecule has 2 aliphatic rings. The second-order valence-corrected chi connectivity index (χ2v) is 6.42. The summed E-state index contributed by atoms with van der Waals surface area (Å²) in [6.45, 7) is 2.21. The number of nitrogens with two attached hydrogens (primary N) is 1. The van der Waals surface area contributed by atoms with E-state index in [9.17, 15) is 4.79 Å². The fourth-order valence-corrected chi connectivity index (χ4v) is 3.34. The second kappa shape index (κ2) is 6.86. The Morgan fingerprint density at radius 2 is 2.27 bits per heavy atom. The first-order valence-electron chi connectivity index (χ1n) is 7.82. The summed E-state index contributed by atoms with van der Waals surface area (Å²) in [7, 11) is 0. The molecule has 22 heavy (non-hydrogen) atoms. The summed E-state index contributed by atoms with van der Waals surface area (Å²) in [5.74, 6) is -0.00565. The van der Waals surface area contributed by atoms with Crippen molar-refractivity contribution < 1.29 is 9.53 Å². The van der Waals surface area contributed by atoms with Crippen LogP contribution >= 0.6 is 11.6 Å². The summed E-state index contributed by atoms with van der Waals surface area (Å²) < 4.78 is 5.64. The molecule has 0 aliphatic carbocycles. The maximum Gasteiger partial charge on any atom is 0.249 e. The normalized spacial score (nSPS) is 28.1. The van der Waals surface area contributed by atoms with E-state index < -0.39 is 0 Å². The number of ether oxygens (including phenoxy) is 1. The average Bonchev–Trinajstić information content (AvgIpc) is 3.16. The van der Waals surface area contributed by atoms with Gasteiger partial charge in [0.05, 0.1) is 6.10 Å². The molecule has 2 aliphatic heterocycles. The molecule has 3 atom stereocenters. The van der Waals surface area contributed by atoms with E-state index in [0.29, 0.717) is 6.54 Å². The van der Waals surface area contributed by atoms with Crippen LogP contribution in [0, 0.1) is 0 Å². The van der Waals surface area contributed by atoms with Crippen LogP contribution in [0.2, 0.25) is 5.02 Å². The summed E-state index contributed by atoms with van der Waals surface area (Å²) in [5.41, 5.74) is 6.68. The van der Waals surface area contributed by atoms with E-state index >= 15 is 0 Å². The first-order chi connectivity index (χ1) is 10.7. The molecule has 0 bridgehead atoms. The lowest BCUT2D eigenvalue weighted by Crippen LogP contribution is -2.43. The third-order valence-corrected chi connectivity index (χ3v) is 4.61. The van der Waals surface area contributed by atoms with Gasteiger partial charge >= 0.3 is 0 Å². The molecule has 1 amide bonds. The van der Waals surface area contributed by atoms with E-state index in [-0.39, 0.29) is 24.2 Å². The van der Waals surface area contributed by atoms with Crippen LogP contribution in [-0.4, -0.2) is 43.8 Å². The Morgan fingerprint density at radius 1 is 1.41 bits per heavy atom. The van der Waals surface area contributed by atoms with Crippen molar-refractivity contribution in [3.05, 3.63) is 29.3 Å². The smallest absolute Gasteiger partial charge is 0.249 e. The van der Waals surface area contributed by atoms with Crippen LogP contribution in [0.4, 0.5) is 5.69 Å². The quantitative estimate of drug-likeness (QED) is 0.882. The third-order valence-electron chi connectivity index (χ3n) is 4.37. The minimum atomic E-state index is -0.339. The van der Waals surface area contributed by atoms with Gasteiger partial charge in [0, 0.05) is 36.4 Å². The van der Waals surface area contributed by atoms with Gasteiger partial charge in [-0.15, -0.1) is 0 Å². The highest BCUT2D eigenvalue weighted by Crippen LogP contribution is 2.24. The van der Waals surface area contributed by atoms with E-state index in [1.54, 1.807) is 0 Å². The van der Waals surface area contributed by atoms with Crippen molar-refractivity contribution in [2.75, 3.05) is 24.5 Å². The predicted molar refractivity (Wildman–Crippen MR) is 87.2 cm³/mol. The number of carbonyl (C=O) groups is 1. The number of nitrogens with zero attached hydrogens (tertiary/aromatic N) is 1. The summed E-state index contributed by atoms with van der Waals surface area (Å²) in [5, 5.41) is 3.83. The number of hydrogen-bond acceptors (Lipinski definition) is 4. The van der Waals surface area contributed by atoms with Gasteiger partial charge in [0.1, 0.15) is 6.10 Å². The molecule has 2 saturated heterocycles. The van der Waals surface area contributed by atoms with E-state index in [4.69, 9.17) is 22.1 Å². The number of rotatable bonds is 4. The van der Waals surface area contributed by atoms with Crippen molar-refractivity contribution in [3.8, 4) is 0 Å². The highest BCUT2D eigenvalue weighted by Gasteiger charge is 2.32. The largest absolute Gasteiger partial charge is 0.369 e. The molecule has 3 N–H and O–H groups in total. The molecule has 1 unspecified atom stereocenters. The molecule has 2 fully saturated rings. The molecule has 5 nitrogen and oxygen atoms in total. The molecule has 0 saturated carbocycles. The van der Waals surface area contributed by atoms with Crippen LogP contribution in [0.3, 0.4) is 0 Å². The Morgan fingerprint density at radius 3 is 3.00 bits per heavy atom. The number of carbonyl (C=O) groups excluding carboxylic acids is 1. The van der Waals surface area contributed by atoms with Gasteiger partial charge in [0.25, 0.3) is 0 Å². The molecule has 0 radical (unpaired) electrons. The summed E-state index contributed by atoms with van der Waals surface area (Å²) in [4.78, 5) is 14.5. The predicted octanol–water partition coefficient (Wildman–Crippen LogP) is 1.54. The molecule has 6 heteroatoms. The lowest BCUT2D eigenvalue weighted by molar-refractivity contribution is -0.132. The first kappa shape index (κ1) is 15.6. The topological polar surface area (TPSA) is 67.6 Å². The maximum absolute atomic E-state index is 12.2. The van der Waals surface area contributed by atoms with Crippen molar-refractivity contribution in [1.29, 1.82) is 0 Å². The Bertz CT molecular complexity index is 540. The molecular formula is C16H22ClN3O2. The number of halogens is 1. The monoisotopic (exact) mass is 323 g/mol. The SMILES string of the molecule is NC[C@H]1CC[C@@H](C(=O)NC2CCN(c3cccc(Cl)c3)C2)O1. The zero-order chi connectivity index (χ0) is 15.5. The molecule has 0 aromatic heterocycles. The summed E-state index contributed by atoms with van der Waals surface area (Å²) >= 11 is 6.03. The fourth-order valence-electron chi connectivity index (χ4n) is 3.15. The molecule has 2 heterocycles. The van der Waals surface area contributed by atoms with Gasteiger partial charge in [-0.05, 0) is 37.5 Å². The van der Waals surface area contributed by atoms with E-state index in [1.807, 2.05) is 24.3 Å². The molecule has 1 aromatic rings. The van der Waals surface area contributed by atoms with E-state index in [1.165, 1.54) is 0 Å². The minimum absolute atomic E-state index is 0.00565. The lowest BCUT2D eigenvalue weighted by Gasteiger charge is -2.20. The maximum atomic E-state index is 12.2. The van der Waals surface area contributed by atoms with Crippen LogP contribution in [0.1, 0.15) is 19.3 Å². The van der Waals surface area contributed by atoms with Gasteiger partial charge < -0.3 is 20.7 Å². The van der Waals surface area contributed by atoms with Crippen molar-refractivity contribution in [1.82, 2.24) is 5.32 Å². The molecule has 3 rings (SSSR count). The van der Waals surface area contributed by atoms with Crippen LogP contribution in [0.5, 0.6) is 0 Å². The number of nitrogens with one attached hydrogen (secondary N) is 1. The minimum Gasteiger partial charge on any atom is -0.369 e. The summed E-state index contributed by atoms with van der Waals surface area (Å²) in [6.07, 6.45) is 2.26. The highest BCUT2D eigenvalue weighted by molar-refractivity contribution is 6.30. The van der Waals surface area contributed by atoms with Crippen molar-refractivity contribution in [2.45, 2.75) is 37.5 Å². The van der Waals surface area contributed by atoms with Crippen molar-refractivity contribution in [2.24, 2.45) is 5.73 Å². The van der Waals surface area contributed by atoms with Gasteiger partial charge in [-0.1, -0.05) is 17.7 Å². The first-order valence-corrected chi connectivity index (χ1v) is 8.20. The zero-order valence-electron chi connectivity index (χ0n) is 12.5. The summed E-state index contributed by atoms with van der Waals surface area (Å²) in [6, 6.07) is 7.97. The van der Waals surface area contributed by atoms with Crippen molar-refractivity contribution >= 4 is 23.2 Å². The van der Waals surface area contributed by atoms with Gasteiger partial charge in [-0.2, -0.15) is 0 Å². The van der Waals surface area contributed by atoms with Crippen LogP contribution in [0.25, 0.3) is 0 Å². The van der Waals surface area contributed by atoms with Gasteiger partial charge in [0.15, 0.2) is 0 Å². The Kier molecular flexibility index (Phi) is 4.86. The Hall–Kier alpha value is -1.30. The standard InChI is InChI=1S/C16H22ClN3O2/c17-11-2-1-3-13(8-11)20-7-6-12(10-20)19-16(21)15-5-4-14(9-18)22-15/h1-3,8,12,14-15H,4-7,9-10,18H2,(H,19,21)/t12?,14-,15+/m1/s1. The fraction of sp³-hybridized carbons (Fsp3) is 0.562.